The van der Waals surface area contributed by atoms with Gasteiger partial charge in [0.15, 0.2) is 0 Å². The van der Waals surface area contributed by atoms with Gasteiger partial charge in [0.25, 0.3) is 0 Å². The molecule has 8 heteroatoms. The fourth-order valence-electron chi connectivity index (χ4n) is 5.23. The summed E-state index contributed by atoms with van der Waals surface area (Å²) in [5.74, 6) is 0. The van der Waals surface area contributed by atoms with E-state index in [-0.39, 0.29) is 0 Å². The quantitative estimate of drug-likeness (QED) is 0.177. The summed E-state index contributed by atoms with van der Waals surface area (Å²) in [7, 11) is 0. The molecule has 0 saturated carbocycles. The zero-order valence-corrected chi connectivity index (χ0v) is 27.0. The predicted octanol–water partition coefficient (Wildman–Crippen LogP) is 13.8. The molecule has 0 aromatic carbocycles. The molecule has 0 unspecified atom stereocenters. The van der Waals surface area contributed by atoms with E-state index in [2.05, 4.69) is 91.6 Å². The summed E-state index contributed by atoms with van der Waals surface area (Å²) in [6.45, 7) is 0. The van der Waals surface area contributed by atoms with Gasteiger partial charge in [-0.3, -0.25) is 0 Å². The lowest BCUT2D eigenvalue weighted by Crippen LogP contribution is -1.85. The Bertz CT molecular complexity index is 1670. The lowest BCUT2D eigenvalue weighted by molar-refractivity contribution is 1.73. The second-order valence-electron chi connectivity index (χ2n) is 9.46. The van der Waals surface area contributed by atoms with Crippen LogP contribution in [0, 0.1) is 0 Å². The molecule has 0 saturated heterocycles. The molecule has 0 aliphatic heterocycles. The van der Waals surface area contributed by atoms with E-state index in [0.29, 0.717) is 0 Å². The average Bonchev–Trinajstić information content (AvgIpc) is 3.84. The molecular formula is C32H16S8. The second-order valence-corrected chi connectivity index (χ2v) is 16.8. The van der Waals surface area contributed by atoms with Gasteiger partial charge in [-0.05, 0) is 91.6 Å². The Morgan fingerprint density at radius 3 is 0.775 bits per heavy atom. The van der Waals surface area contributed by atoms with E-state index in [1.807, 2.05) is 45.3 Å². The Hall–Kier alpha value is -2.40. The number of hydrogen-bond acceptors (Lipinski definition) is 8. The smallest absolute Gasteiger partial charge is 0.0534 e. The van der Waals surface area contributed by atoms with Crippen LogP contribution < -0.4 is 0 Å². The minimum atomic E-state index is 1.32. The van der Waals surface area contributed by atoms with Crippen LogP contribution in [0.2, 0.25) is 0 Å². The molecule has 0 N–H and O–H groups in total. The van der Waals surface area contributed by atoms with Crippen molar-refractivity contribution in [3.63, 3.8) is 0 Å². The van der Waals surface area contributed by atoms with Crippen LogP contribution in [0.4, 0.5) is 0 Å². The van der Waals surface area contributed by atoms with E-state index in [0.717, 1.165) is 0 Å². The molecule has 0 atom stereocenters. The van der Waals surface area contributed by atoms with E-state index in [9.17, 15) is 0 Å². The minimum absolute atomic E-state index is 1.32. The van der Waals surface area contributed by atoms with Crippen LogP contribution >= 0.6 is 90.7 Å². The topological polar surface area (TPSA) is 0 Å². The van der Waals surface area contributed by atoms with Crippen molar-refractivity contribution in [2.45, 2.75) is 0 Å². The third-order valence-electron chi connectivity index (χ3n) is 7.14. The average molecular weight is 657 g/mol. The van der Waals surface area contributed by atoms with Crippen LogP contribution in [0.1, 0.15) is 0 Å². The van der Waals surface area contributed by atoms with Gasteiger partial charge in [0, 0.05) is 64.0 Å². The van der Waals surface area contributed by atoms with Gasteiger partial charge in [0.2, 0.25) is 0 Å². The summed E-state index contributed by atoms with van der Waals surface area (Å²) in [6.07, 6.45) is 0. The van der Waals surface area contributed by atoms with Crippen LogP contribution in [0.15, 0.2) is 91.6 Å². The van der Waals surface area contributed by atoms with Crippen molar-refractivity contribution in [1.29, 1.82) is 0 Å². The van der Waals surface area contributed by atoms with E-state index in [4.69, 9.17) is 0 Å². The summed E-state index contributed by atoms with van der Waals surface area (Å²) >= 11 is 14.9. The molecule has 0 nitrogen and oxygen atoms in total. The Morgan fingerprint density at radius 2 is 0.575 bits per heavy atom. The molecule has 192 valence electrons. The highest BCUT2D eigenvalue weighted by Crippen LogP contribution is 2.60. The Labute approximate surface area is 263 Å². The van der Waals surface area contributed by atoms with Crippen LogP contribution in [0.25, 0.3) is 83.5 Å². The first-order valence-electron chi connectivity index (χ1n) is 12.5. The zero-order chi connectivity index (χ0) is 26.2. The minimum Gasteiger partial charge on any atom is -0.152 e. The molecule has 40 heavy (non-hydrogen) atoms. The van der Waals surface area contributed by atoms with Crippen molar-refractivity contribution in [2.24, 2.45) is 0 Å². The SMILES string of the molecule is c1cc(-c2cc3c(s2)-c2sc(-c4ccsc4)cc2-c2cc(-c4ccsc4)sc2-c2sc(-c4ccsc4)cc2-3)cs1. The standard InChI is InChI=1S/C32H16S8/c1-5-33-13-17(1)25-9-21-22-10-26(18-2-6-34-14-18)39-31(22)32-24(12-28(40-32)20-4-8-36-16-20)23-11-27(19-3-7-35-15-19)38-30(23)29(21)37-25/h1-16H. The second kappa shape index (κ2) is 9.58. The summed E-state index contributed by atoms with van der Waals surface area (Å²) in [4.78, 5) is 11.0. The maximum atomic E-state index is 2.46. The van der Waals surface area contributed by atoms with Crippen LogP contribution in [0.5, 0.6) is 0 Å². The molecule has 0 amide bonds. The normalized spacial score (nSPS) is 12.0. The molecule has 0 radical (unpaired) electrons. The van der Waals surface area contributed by atoms with E-state index >= 15 is 0 Å². The third-order valence-corrected chi connectivity index (χ3v) is 14.9. The van der Waals surface area contributed by atoms with Crippen molar-refractivity contribution in [1.82, 2.24) is 0 Å². The van der Waals surface area contributed by atoms with E-state index in [1.54, 1.807) is 45.3 Å². The Balaban J connectivity index is 1.38. The van der Waals surface area contributed by atoms with Gasteiger partial charge in [0.05, 0.1) is 19.5 Å². The monoisotopic (exact) mass is 656 g/mol. The predicted molar refractivity (Wildman–Crippen MR) is 187 cm³/mol. The fourth-order valence-corrected chi connectivity index (χ4v) is 13.1. The molecule has 1 aliphatic carbocycles. The largest absolute Gasteiger partial charge is 0.152 e. The van der Waals surface area contributed by atoms with Crippen LogP contribution in [-0.4, -0.2) is 0 Å². The lowest BCUT2D eigenvalue weighted by Gasteiger charge is -2.12. The van der Waals surface area contributed by atoms with Gasteiger partial charge in [0.1, 0.15) is 0 Å². The van der Waals surface area contributed by atoms with Crippen LogP contribution in [0.3, 0.4) is 0 Å². The van der Waals surface area contributed by atoms with Crippen molar-refractivity contribution in [2.75, 3.05) is 0 Å². The first-order valence-corrected chi connectivity index (χ1v) is 19.5. The molecular weight excluding hydrogens is 641 g/mol. The molecule has 0 fully saturated rings. The van der Waals surface area contributed by atoms with Gasteiger partial charge in [-0.15, -0.1) is 45.3 Å². The zero-order valence-electron chi connectivity index (χ0n) is 20.5. The summed E-state index contributed by atoms with van der Waals surface area (Å²) in [5.41, 5.74) is 10.8. The molecule has 8 aromatic heterocycles. The van der Waals surface area contributed by atoms with E-state index in [1.165, 1.54) is 83.5 Å². The highest BCUT2D eigenvalue weighted by Gasteiger charge is 2.30. The first-order chi connectivity index (χ1) is 19.8. The van der Waals surface area contributed by atoms with Gasteiger partial charge in [-0.25, -0.2) is 0 Å². The molecule has 8 aromatic rings. The van der Waals surface area contributed by atoms with Gasteiger partial charge >= 0.3 is 0 Å². The number of fused-ring (bicyclic) bond motifs is 8. The summed E-state index contributed by atoms with van der Waals surface area (Å²) in [5, 5.41) is 17.9. The fraction of sp³-hybridized carbons (Fsp3) is 0. The first kappa shape index (κ1) is 24.2. The lowest BCUT2D eigenvalue weighted by atomic mass is 9.95. The summed E-state index contributed by atoms with van der Waals surface area (Å²) in [6, 6.07) is 18.8. The van der Waals surface area contributed by atoms with Crippen molar-refractivity contribution in [3.05, 3.63) is 91.6 Å². The Kier molecular flexibility index (Phi) is 5.80. The van der Waals surface area contributed by atoms with Crippen molar-refractivity contribution < 1.29 is 0 Å². The maximum Gasteiger partial charge on any atom is 0.0534 e. The highest BCUT2D eigenvalue weighted by molar-refractivity contribution is 7.28. The van der Waals surface area contributed by atoms with Crippen molar-refractivity contribution >= 4 is 90.7 Å². The Morgan fingerprint density at radius 1 is 0.325 bits per heavy atom. The molecule has 9 rings (SSSR count). The molecule has 0 spiro atoms. The molecule has 0 bridgehead atoms. The third kappa shape index (κ3) is 3.82. The highest BCUT2D eigenvalue weighted by atomic mass is 32.1. The van der Waals surface area contributed by atoms with Gasteiger partial charge in [-0.2, -0.15) is 45.3 Å². The van der Waals surface area contributed by atoms with Gasteiger partial charge < -0.3 is 0 Å². The van der Waals surface area contributed by atoms with E-state index < -0.39 is 0 Å². The molecule has 1 aliphatic rings. The van der Waals surface area contributed by atoms with Crippen molar-refractivity contribution in [3.8, 4) is 83.5 Å². The maximum absolute atomic E-state index is 2.46. The molecule has 8 heterocycles. The number of thiophene rings is 8. The van der Waals surface area contributed by atoms with Crippen LogP contribution in [-0.2, 0) is 0 Å². The summed E-state index contributed by atoms with van der Waals surface area (Å²) < 4.78 is 0. The van der Waals surface area contributed by atoms with Gasteiger partial charge in [-0.1, -0.05) is 0 Å². The number of hydrogen-bond donors (Lipinski definition) is 0. The number of rotatable bonds is 4.